The number of methoxy groups -OCH3 is 2. The van der Waals surface area contributed by atoms with Crippen LogP contribution in [0.3, 0.4) is 0 Å². The second-order valence-corrected chi connectivity index (χ2v) is 9.36. The number of hydrogen-bond donors (Lipinski definition) is 1. The van der Waals surface area contributed by atoms with Crippen molar-refractivity contribution in [3.05, 3.63) is 76.9 Å². The number of ether oxygens (including phenoxy) is 5. The minimum atomic E-state index is -1.31. The van der Waals surface area contributed by atoms with Crippen LogP contribution in [0.2, 0.25) is 0 Å². The summed E-state index contributed by atoms with van der Waals surface area (Å²) in [7, 11) is 2.71. The van der Waals surface area contributed by atoms with E-state index in [1.807, 2.05) is 0 Å². The lowest BCUT2D eigenvalue weighted by molar-refractivity contribution is -0.143. The Balaban J connectivity index is 1.66. The maximum absolute atomic E-state index is 14.1. The van der Waals surface area contributed by atoms with E-state index < -0.39 is 24.3 Å². The molecule has 11 nitrogen and oxygen atoms in total. The standard InChI is InChI=1S/C29H24N2O9S/c1-36-19-6-3-16(24(14-19)40-15-26(32)37-2)11-20(28(33)18-5-8-23-25(13-18)39-10-9-38-23)27(29(34)35)17-4-7-21-22(12-17)31-41-30-21/h3-8,12-14H,9-11,15H2,1-2H3,(H,34,35). The van der Waals surface area contributed by atoms with E-state index in [4.69, 9.17) is 18.9 Å². The van der Waals surface area contributed by atoms with Gasteiger partial charge in [0.25, 0.3) is 0 Å². The lowest BCUT2D eigenvalue weighted by Gasteiger charge is -2.20. The first-order valence-corrected chi connectivity index (χ1v) is 13.1. The molecule has 0 bridgehead atoms. The molecule has 2 heterocycles. The Bertz CT molecular complexity index is 1680. The largest absolute Gasteiger partial charge is 0.497 e. The van der Waals surface area contributed by atoms with Crippen molar-refractivity contribution in [3.8, 4) is 23.0 Å². The molecule has 1 aromatic heterocycles. The van der Waals surface area contributed by atoms with Gasteiger partial charge >= 0.3 is 11.9 Å². The second-order valence-electron chi connectivity index (χ2n) is 8.83. The van der Waals surface area contributed by atoms with Crippen LogP contribution in [0, 0.1) is 0 Å². The highest BCUT2D eigenvalue weighted by Gasteiger charge is 2.27. The van der Waals surface area contributed by atoms with Crippen molar-refractivity contribution in [1.82, 2.24) is 8.75 Å². The highest BCUT2D eigenvalue weighted by Crippen LogP contribution is 2.35. The van der Waals surface area contributed by atoms with Crippen LogP contribution in [0.15, 0.2) is 60.2 Å². The Kier molecular flexibility index (Phi) is 8.11. The Morgan fingerprint density at radius 2 is 1.66 bits per heavy atom. The van der Waals surface area contributed by atoms with Crippen molar-refractivity contribution >= 4 is 46.1 Å². The van der Waals surface area contributed by atoms with Gasteiger partial charge in [0.15, 0.2) is 23.9 Å². The van der Waals surface area contributed by atoms with E-state index in [-0.39, 0.29) is 34.4 Å². The number of Topliss-reactive ketones (excluding diaryl/α,β-unsaturated/α-hetero) is 1. The number of aromatic nitrogens is 2. The number of ketones is 1. The number of esters is 1. The predicted molar refractivity (Wildman–Crippen MR) is 148 cm³/mol. The van der Waals surface area contributed by atoms with Crippen molar-refractivity contribution in [3.63, 3.8) is 0 Å². The summed E-state index contributed by atoms with van der Waals surface area (Å²) in [6.45, 7) is 0.307. The van der Waals surface area contributed by atoms with Gasteiger partial charge in [-0.25, -0.2) is 9.59 Å². The van der Waals surface area contributed by atoms with Crippen molar-refractivity contribution in [1.29, 1.82) is 0 Å². The van der Waals surface area contributed by atoms with Gasteiger partial charge in [-0.1, -0.05) is 12.1 Å². The van der Waals surface area contributed by atoms with Crippen molar-refractivity contribution < 1.29 is 43.2 Å². The molecule has 210 valence electrons. The average molecular weight is 577 g/mol. The third-order valence-corrected chi connectivity index (χ3v) is 6.91. The summed E-state index contributed by atoms with van der Waals surface area (Å²) in [5.74, 6) is -0.905. The molecule has 0 saturated heterocycles. The van der Waals surface area contributed by atoms with E-state index in [1.165, 1.54) is 20.3 Å². The molecule has 12 heteroatoms. The molecule has 41 heavy (non-hydrogen) atoms. The van der Waals surface area contributed by atoms with E-state index in [0.717, 1.165) is 11.7 Å². The highest BCUT2D eigenvalue weighted by atomic mass is 32.1. The summed E-state index contributed by atoms with van der Waals surface area (Å²) in [6.07, 6.45) is -0.150. The Morgan fingerprint density at radius 1 is 0.902 bits per heavy atom. The van der Waals surface area contributed by atoms with Gasteiger partial charge in [0.05, 0.1) is 31.5 Å². The van der Waals surface area contributed by atoms with Crippen molar-refractivity contribution in [2.45, 2.75) is 6.42 Å². The third kappa shape index (κ3) is 5.97. The number of carboxylic acid groups (broad SMARTS) is 1. The highest BCUT2D eigenvalue weighted by molar-refractivity contribution is 7.00. The van der Waals surface area contributed by atoms with E-state index >= 15 is 0 Å². The van der Waals surface area contributed by atoms with E-state index in [0.29, 0.717) is 47.1 Å². The topological polar surface area (TPSA) is 143 Å². The first kappa shape index (κ1) is 27.6. The Labute approximate surface area is 238 Å². The molecule has 0 saturated carbocycles. The van der Waals surface area contributed by atoms with Crippen LogP contribution in [-0.4, -0.2) is 65.6 Å². The first-order chi connectivity index (χ1) is 19.9. The van der Waals surface area contributed by atoms with Crippen LogP contribution >= 0.6 is 11.7 Å². The number of rotatable bonds is 10. The van der Waals surface area contributed by atoms with Crippen molar-refractivity contribution in [2.75, 3.05) is 34.0 Å². The van der Waals surface area contributed by atoms with Crippen molar-refractivity contribution in [2.24, 2.45) is 0 Å². The maximum atomic E-state index is 14.1. The monoisotopic (exact) mass is 576 g/mol. The molecule has 0 radical (unpaired) electrons. The summed E-state index contributed by atoms with van der Waals surface area (Å²) in [5, 5.41) is 10.4. The first-order valence-electron chi connectivity index (χ1n) is 12.4. The number of nitrogens with zero attached hydrogens (tertiary/aromatic N) is 2. The van der Waals surface area contributed by atoms with E-state index in [2.05, 4.69) is 13.5 Å². The molecule has 0 spiro atoms. The van der Waals surface area contributed by atoms with E-state index in [9.17, 15) is 19.5 Å². The molecular formula is C29H24N2O9S. The molecule has 3 aromatic carbocycles. The number of fused-ring (bicyclic) bond motifs is 2. The SMILES string of the molecule is COC(=O)COc1cc(OC)ccc1CC(C(=O)c1ccc2c(c1)OCCO2)=C(C(=O)O)c1ccc2nsnc2c1. The van der Waals surface area contributed by atoms with Crippen LogP contribution in [0.4, 0.5) is 0 Å². The van der Waals surface area contributed by atoms with Gasteiger partial charge < -0.3 is 28.8 Å². The Hall–Kier alpha value is -4.97. The quantitative estimate of drug-likeness (QED) is 0.166. The molecule has 0 unspecified atom stereocenters. The van der Waals surface area contributed by atoms with Gasteiger partial charge in [-0.2, -0.15) is 8.75 Å². The molecule has 5 rings (SSSR count). The van der Waals surface area contributed by atoms with E-state index in [1.54, 1.807) is 48.5 Å². The Morgan fingerprint density at radius 3 is 2.41 bits per heavy atom. The fourth-order valence-corrected chi connectivity index (χ4v) is 4.85. The zero-order valence-corrected chi connectivity index (χ0v) is 22.9. The van der Waals surface area contributed by atoms with Gasteiger partial charge in [-0.05, 0) is 47.5 Å². The number of allylic oxidation sites excluding steroid dienone is 1. The van der Waals surface area contributed by atoms with Crippen LogP contribution in [0.5, 0.6) is 23.0 Å². The summed E-state index contributed by atoms with van der Waals surface area (Å²) in [5.41, 5.74) is 1.82. The zero-order chi connectivity index (χ0) is 28.9. The van der Waals surface area contributed by atoms with Gasteiger partial charge in [-0.3, -0.25) is 4.79 Å². The molecule has 0 aliphatic carbocycles. The van der Waals surface area contributed by atoms with Crippen LogP contribution in [0.25, 0.3) is 16.6 Å². The predicted octanol–water partition coefficient (Wildman–Crippen LogP) is 3.99. The molecule has 0 fully saturated rings. The number of carbonyl (C=O) groups excluding carboxylic acids is 2. The summed E-state index contributed by atoms with van der Waals surface area (Å²) >= 11 is 1.00. The normalized spacial score (nSPS) is 12.8. The van der Waals surface area contributed by atoms with Crippen LogP contribution in [-0.2, 0) is 20.7 Å². The molecule has 1 N–H and O–H groups in total. The molecular weight excluding hydrogens is 552 g/mol. The molecule has 4 aromatic rings. The van der Waals surface area contributed by atoms with Gasteiger partial charge in [0.1, 0.15) is 35.7 Å². The van der Waals surface area contributed by atoms with Gasteiger partial charge in [0, 0.05) is 23.6 Å². The number of carbonyl (C=O) groups is 3. The molecule has 0 atom stereocenters. The smallest absolute Gasteiger partial charge is 0.343 e. The fraction of sp³-hybridized carbons (Fsp3) is 0.207. The van der Waals surface area contributed by atoms with Gasteiger partial charge in [-0.15, -0.1) is 0 Å². The lowest BCUT2D eigenvalue weighted by Crippen LogP contribution is -2.18. The average Bonchev–Trinajstić information content (AvgIpc) is 3.47. The number of carboxylic acids is 1. The van der Waals surface area contributed by atoms with Crippen LogP contribution < -0.4 is 18.9 Å². The number of hydrogen-bond acceptors (Lipinski definition) is 11. The third-order valence-electron chi connectivity index (χ3n) is 6.35. The summed E-state index contributed by atoms with van der Waals surface area (Å²) in [6, 6.07) is 14.4. The lowest BCUT2D eigenvalue weighted by atomic mass is 9.89. The molecule has 0 amide bonds. The zero-order valence-electron chi connectivity index (χ0n) is 22.0. The summed E-state index contributed by atoms with van der Waals surface area (Å²) in [4.78, 5) is 38.7. The van der Waals surface area contributed by atoms with Crippen LogP contribution in [0.1, 0.15) is 21.5 Å². The molecule has 1 aliphatic rings. The number of benzene rings is 3. The second kappa shape index (κ2) is 12.0. The minimum absolute atomic E-state index is 0.0233. The fourth-order valence-electron chi connectivity index (χ4n) is 4.33. The summed E-state index contributed by atoms with van der Waals surface area (Å²) < 4.78 is 35.3. The number of aliphatic carboxylic acids is 1. The minimum Gasteiger partial charge on any atom is -0.497 e. The maximum Gasteiger partial charge on any atom is 0.343 e. The van der Waals surface area contributed by atoms with Gasteiger partial charge in [0.2, 0.25) is 0 Å². The molecule has 1 aliphatic heterocycles.